The summed E-state index contributed by atoms with van der Waals surface area (Å²) in [4.78, 5) is 0. The van der Waals surface area contributed by atoms with Crippen LogP contribution in [0.15, 0.2) is 0 Å². The van der Waals surface area contributed by atoms with Crippen molar-refractivity contribution in [1.29, 1.82) is 0 Å². The summed E-state index contributed by atoms with van der Waals surface area (Å²) in [6, 6.07) is 0. The fourth-order valence-electron chi connectivity index (χ4n) is 0.265. The zero-order valence-electron chi connectivity index (χ0n) is 7.21. The van der Waals surface area contributed by atoms with Gasteiger partial charge in [0.1, 0.15) is 0 Å². The minimum atomic E-state index is 0.146. The number of hydrogen-bond acceptors (Lipinski definition) is 0. The minimum Gasteiger partial charge on any atom is -0.257 e. The molecular formula is C8H18N. The number of hydrogen-bond donors (Lipinski definition) is 0. The van der Waals surface area contributed by atoms with Gasteiger partial charge in [-0.2, -0.15) is 0 Å². The zero-order chi connectivity index (χ0) is 7.71. The van der Waals surface area contributed by atoms with E-state index in [1.165, 1.54) is 0 Å². The van der Waals surface area contributed by atoms with Gasteiger partial charge in [0.2, 0.25) is 0 Å². The normalized spacial score (nSPS) is 14.0. The third-order valence-electron chi connectivity index (χ3n) is 2.47. The van der Waals surface area contributed by atoms with Crippen LogP contribution in [0.1, 0.15) is 34.6 Å². The van der Waals surface area contributed by atoms with E-state index in [4.69, 9.17) is 5.73 Å². The Morgan fingerprint density at radius 2 is 1.33 bits per heavy atom. The molecule has 0 saturated carbocycles. The van der Waals surface area contributed by atoms with Crippen LogP contribution in [0.4, 0.5) is 0 Å². The molecule has 9 heavy (non-hydrogen) atoms. The Balaban J connectivity index is 4.14. The molecule has 0 bridgehead atoms. The van der Waals surface area contributed by atoms with Crippen molar-refractivity contribution >= 4 is 0 Å². The predicted molar refractivity (Wildman–Crippen MR) is 41.2 cm³/mol. The van der Waals surface area contributed by atoms with Crippen molar-refractivity contribution in [3.8, 4) is 0 Å². The Hall–Kier alpha value is -0.0400. The second kappa shape index (κ2) is 2.30. The Morgan fingerprint density at radius 1 is 1.00 bits per heavy atom. The van der Waals surface area contributed by atoms with Gasteiger partial charge in [0.15, 0.2) is 0 Å². The second-order valence-corrected chi connectivity index (χ2v) is 4.31. The monoisotopic (exact) mass is 128 g/mol. The first-order valence-electron chi connectivity index (χ1n) is 3.46. The first kappa shape index (κ1) is 8.96. The van der Waals surface area contributed by atoms with E-state index in [1.54, 1.807) is 0 Å². The zero-order valence-corrected chi connectivity index (χ0v) is 7.21. The maximum atomic E-state index is 7.26. The van der Waals surface area contributed by atoms with E-state index in [0.29, 0.717) is 6.54 Å². The SMILES string of the molecule is CC(C)(C)C(C)(C)C[NH]. The summed E-state index contributed by atoms with van der Waals surface area (Å²) in [5.41, 5.74) is 7.67. The molecule has 1 heteroatoms. The van der Waals surface area contributed by atoms with E-state index in [1.807, 2.05) is 0 Å². The van der Waals surface area contributed by atoms with Crippen LogP contribution in [0.5, 0.6) is 0 Å². The summed E-state index contributed by atoms with van der Waals surface area (Å²) in [6.07, 6.45) is 0. The maximum absolute atomic E-state index is 7.26. The fraction of sp³-hybridized carbons (Fsp3) is 1.00. The highest BCUT2D eigenvalue weighted by Gasteiger charge is 2.30. The third kappa shape index (κ3) is 1.98. The average molecular weight is 128 g/mol. The highest BCUT2D eigenvalue weighted by Crippen LogP contribution is 2.36. The highest BCUT2D eigenvalue weighted by atomic mass is 14.6. The van der Waals surface area contributed by atoms with Crippen molar-refractivity contribution in [2.75, 3.05) is 6.54 Å². The Bertz CT molecular complexity index is 87.2. The molecule has 0 aliphatic carbocycles. The van der Waals surface area contributed by atoms with Gasteiger partial charge < -0.3 is 0 Å². The summed E-state index contributed by atoms with van der Waals surface area (Å²) in [5, 5.41) is 0. The van der Waals surface area contributed by atoms with Gasteiger partial charge in [0.25, 0.3) is 0 Å². The molecule has 0 unspecified atom stereocenters. The van der Waals surface area contributed by atoms with Gasteiger partial charge in [-0.25, -0.2) is 0 Å². The quantitative estimate of drug-likeness (QED) is 0.517. The molecule has 0 rings (SSSR count). The lowest BCUT2D eigenvalue weighted by Gasteiger charge is -2.37. The molecule has 0 atom stereocenters. The molecule has 0 aromatic rings. The molecule has 1 radical (unpaired) electrons. The topological polar surface area (TPSA) is 23.8 Å². The molecule has 1 nitrogen and oxygen atoms in total. The smallest absolute Gasteiger partial charge is 0.0156 e. The van der Waals surface area contributed by atoms with Crippen LogP contribution in [0.3, 0.4) is 0 Å². The van der Waals surface area contributed by atoms with E-state index < -0.39 is 0 Å². The van der Waals surface area contributed by atoms with Crippen LogP contribution < -0.4 is 5.73 Å². The van der Waals surface area contributed by atoms with E-state index in [9.17, 15) is 0 Å². The summed E-state index contributed by atoms with van der Waals surface area (Å²) in [6.45, 7) is 11.3. The lowest BCUT2D eigenvalue weighted by Crippen LogP contribution is -2.33. The fourth-order valence-corrected chi connectivity index (χ4v) is 0.265. The predicted octanol–water partition coefficient (Wildman–Crippen LogP) is 2.34. The van der Waals surface area contributed by atoms with Crippen molar-refractivity contribution < 1.29 is 0 Å². The molecule has 0 aliphatic heterocycles. The standard InChI is InChI=1S/C8H18N/c1-7(2,3)8(4,5)6-9/h9H,6H2,1-5H3. The lowest BCUT2D eigenvalue weighted by atomic mass is 9.69. The van der Waals surface area contributed by atoms with Crippen molar-refractivity contribution in [3.63, 3.8) is 0 Å². The average Bonchev–Trinajstić information content (AvgIpc) is 1.64. The molecule has 55 valence electrons. The summed E-state index contributed by atoms with van der Waals surface area (Å²) < 4.78 is 0. The maximum Gasteiger partial charge on any atom is 0.0156 e. The first-order valence-corrected chi connectivity index (χ1v) is 3.46. The minimum absolute atomic E-state index is 0.146. The molecule has 0 fully saturated rings. The Labute approximate surface area is 58.6 Å². The van der Waals surface area contributed by atoms with Crippen molar-refractivity contribution in [2.24, 2.45) is 10.8 Å². The largest absolute Gasteiger partial charge is 0.257 e. The van der Waals surface area contributed by atoms with E-state index in [-0.39, 0.29) is 10.8 Å². The molecule has 0 aromatic carbocycles. The molecule has 0 aliphatic rings. The van der Waals surface area contributed by atoms with E-state index in [0.717, 1.165) is 0 Å². The molecule has 0 amide bonds. The highest BCUT2D eigenvalue weighted by molar-refractivity contribution is 4.82. The third-order valence-corrected chi connectivity index (χ3v) is 2.47. The molecule has 0 aromatic heterocycles. The molecule has 0 saturated heterocycles. The molecule has 0 spiro atoms. The Kier molecular flexibility index (Phi) is 2.29. The van der Waals surface area contributed by atoms with Crippen molar-refractivity contribution in [2.45, 2.75) is 34.6 Å². The van der Waals surface area contributed by atoms with Crippen LogP contribution in [0, 0.1) is 10.8 Å². The van der Waals surface area contributed by atoms with Gasteiger partial charge in [-0.15, -0.1) is 0 Å². The molecule has 1 N–H and O–H groups in total. The van der Waals surface area contributed by atoms with Crippen LogP contribution in [-0.4, -0.2) is 6.54 Å². The number of rotatable bonds is 1. The van der Waals surface area contributed by atoms with Gasteiger partial charge in [-0.3, -0.25) is 5.73 Å². The van der Waals surface area contributed by atoms with Crippen LogP contribution in [-0.2, 0) is 0 Å². The van der Waals surface area contributed by atoms with Crippen molar-refractivity contribution in [1.82, 2.24) is 5.73 Å². The van der Waals surface area contributed by atoms with Crippen LogP contribution in [0.2, 0.25) is 0 Å². The van der Waals surface area contributed by atoms with Gasteiger partial charge in [0, 0.05) is 6.54 Å². The molecule has 0 heterocycles. The first-order chi connectivity index (χ1) is 3.81. The van der Waals surface area contributed by atoms with E-state index in [2.05, 4.69) is 34.6 Å². The second-order valence-electron chi connectivity index (χ2n) is 4.31. The summed E-state index contributed by atoms with van der Waals surface area (Å²) in [7, 11) is 0. The van der Waals surface area contributed by atoms with E-state index >= 15 is 0 Å². The number of nitrogens with one attached hydrogen (secondary N) is 1. The Morgan fingerprint density at radius 3 is 1.33 bits per heavy atom. The van der Waals surface area contributed by atoms with Crippen LogP contribution in [0.25, 0.3) is 0 Å². The van der Waals surface area contributed by atoms with Gasteiger partial charge in [-0.05, 0) is 10.8 Å². The lowest BCUT2D eigenvalue weighted by molar-refractivity contribution is 0.140. The molecular weight excluding hydrogens is 110 g/mol. The van der Waals surface area contributed by atoms with Gasteiger partial charge >= 0.3 is 0 Å². The van der Waals surface area contributed by atoms with Crippen LogP contribution >= 0.6 is 0 Å². The van der Waals surface area contributed by atoms with Gasteiger partial charge in [0.05, 0.1) is 0 Å². The summed E-state index contributed by atoms with van der Waals surface area (Å²) >= 11 is 0. The summed E-state index contributed by atoms with van der Waals surface area (Å²) in [5.74, 6) is 0. The van der Waals surface area contributed by atoms with Crippen molar-refractivity contribution in [3.05, 3.63) is 0 Å². The van der Waals surface area contributed by atoms with Gasteiger partial charge in [-0.1, -0.05) is 34.6 Å².